The van der Waals surface area contributed by atoms with E-state index in [1.807, 2.05) is 6.92 Å². The van der Waals surface area contributed by atoms with E-state index in [-0.39, 0.29) is 12.1 Å². The van der Waals surface area contributed by atoms with Crippen LogP contribution in [0.3, 0.4) is 0 Å². The van der Waals surface area contributed by atoms with Crippen LogP contribution in [0.1, 0.15) is 48.5 Å². The zero-order valence-corrected chi connectivity index (χ0v) is 15.3. The average molecular weight is 335 g/mol. The van der Waals surface area contributed by atoms with Crippen LogP contribution in [-0.4, -0.2) is 24.5 Å². The van der Waals surface area contributed by atoms with Crippen molar-refractivity contribution >= 4 is 0 Å². The fourth-order valence-electron chi connectivity index (χ4n) is 3.63. The molecular formula is C22H29N3. The number of hydrogen-bond donors (Lipinski definition) is 2. The van der Waals surface area contributed by atoms with E-state index in [0.29, 0.717) is 6.04 Å². The van der Waals surface area contributed by atoms with Crippen LogP contribution in [0.2, 0.25) is 0 Å². The number of rotatable bonds is 6. The molecule has 0 aromatic heterocycles. The lowest BCUT2D eigenvalue weighted by Crippen LogP contribution is -2.35. The van der Waals surface area contributed by atoms with Crippen LogP contribution in [0.4, 0.5) is 0 Å². The molecule has 1 aliphatic heterocycles. The highest BCUT2D eigenvalue weighted by atomic mass is 15.2. The van der Waals surface area contributed by atoms with Crippen LogP contribution >= 0.6 is 0 Å². The lowest BCUT2D eigenvalue weighted by atomic mass is 9.96. The molecule has 0 spiro atoms. The Hall–Kier alpha value is -2.10. The maximum Gasteiger partial charge on any atom is 0.0765 e. The molecule has 3 heteroatoms. The van der Waals surface area contributed by atoms with Crippen molar-refractivity contribution in [2.45, 2.75) is 37.9 Å². The molecular weight excluding hydrogens is 306 g/mol. The summed E-state index contributed by atoms with van der Waals surface area (Å²) in [5.41, 5.74) is 10.7. The maximum atomic E-state index is 5.99. The number of benzene rings is 2. The maximum absolute atomic E-state index is 5.99. The molecule has 0 saturated carbocycles. The van der Waals surface area contributed by atoms with Crippen molar-refractivity contribution in [3.05, 3.63) is 83.6 Å². The van der Waals surface area contributed by atoms with Gasteiger partial charge in [-0.3, -0.25) is 4.90 Å². The van der Waals surface area contributed by atoms with E-state index in [2.05, 4.69) is 78.4 Å². The SMILES string of the molecule is C=C(N[C@@H](c1ccccc1)c1ccc(C(C)N)cc1)C1CCCN1C. The van der Waals surface area contributed by atoms with Gasteiger partial charge in [-0.2, -0.15) is 0 Å². The molecule has 1 fully saturated rings. The van der Waals surface area contributed by atoms with Crippen LogP contribution in [0.25, 0.3) is 0 Å². The van der Waals surface area contributed by atoms with Gasteiger partial charge in [-0.05, 0) is 50.0 Å². The quantitative estimate of drug-likeness (QED) is 0.838. The molecule has 3 atom stereocenters. The molecule has 2 aromatic rings. The monoisotopic (exact) mass is 335 g/mol. The van der Waals surface area contributed by atoms with Gasteiger partial charge in [0.1, 0.15) is 0 Å². The van der Waals surface area contributed by atoms with Gasteiger partial charge in [0.15, 0.2) is 0 Å². The second kappa shape index (κ2) is 7.85. The van der Waals surface area contributed by atoms with Crippen molar-refractivity contribution in [2.24, 2.45) is 5.73 Å². The summed E-state index contributed by atoms with van der Waals surface area (Å²) in [6, 6.07) is 19.7. The van der Waals surface area contributed by atoms with Gasteiger partial charge in [-0.25, -0.2) is 0 Å². The van der Waals surface area contributed by atoms with Gasteiger partial charge in [0, 0.05) is 17.8 Å². The summed E-state index contributed by atoms with van der Waals surface area (Å²) in [6.07, 6.45) is 2.41. The lowest BCUT2D eigenvalue weighted by molar-refractivity contribution is 0.331. The topological polar surface area (TPSA) is 41.3 Å². The molecule has 1 aliphatic rings. The zero-order valence-electron chi connectivity index (χ0n) is 15.3. The van der Waals surface area contributed by atoms with E-state index in [9.17, 15) is 0 Å². The predicted octanol–water partition coefficient (Wildman–Crippen LogP) is 3.99. The number of nitrogens with two attached hydrogens (primary N) is 1. The Labute approximate surface area is 151 Å². The molecule has 2 unspecified atom stereocenters. The van der Waals surface area contributed by atoms with Crippen molar-refractivity contribution < 1.29 is 0 Å². The van der Waals surface area contributed by atoms with Crippen molar-refractivity contribution in [1.29, 1.82) is 0 Å². The lowest BCUT2D eigenvalue weighted by Gasteiger charge is -2.28. The van der Waals surface area contributed by atoms with Crippen LogP contribution in [-0.2, 0) is 0 Å². The van der Waals surface area contributed by atoms with E-state index in [1.54, 1.807) is 0 Å². The Bertz CT molecular complexity index is 691. The molecule has 3 rings (SSSR count). The number of nitrogens with zero attached hydrogens (tertiary/aromatic N) is 1. The Balaban J connectivity index is 1.86. The van der Waals surface area contributed by atoms with Crippen molar-refractivity contribution in [3.8, 4) is 0 Å². The van der Waals surface area contributed by atoms with Gasteiger partial charge in [-0.1, -0.05) is 61.2 Å². The first-order valence-corrected chi connectivity index (χ1v) is 9.12. The van der Waals surface area contributed by atoms with Crippen molar-refractivity contribution in [1.82, 2.24) is 10.2 Å². The Morgan fingerprint density at radius 2 is 1.68 bits per heavy atom. The largest absolute Gasteiger partial charge is 0.377 e. The summed E-state index contributed by atoms with van der Waals surface area (Å²) >= 11 is 0. The van der Waals surface area contributed by atoms with Crippen molar-refractivity contribution in [2.75, 3.05) is 13.6 Å². The number of likely N-dealkylation sites (N-methyl/N-ethyl adjacent to an activating group) is 1. The molecule has 0 bridgehead atoms. The molecule has 1 heterocycles. The predicted molar refractivity (Wildman–Crippen MR) is 105 cm³/mol. The second-order valence-corrected chi connectivity index (χ2v) is 7.11. The molecule has 2 aromatic carbocycles. The minimum Gasteiger partial charge on any atom is -0.377 e. The third-order valence-electron chi connectivity index (χ3n) is 5.18. The highest BCUT2D eigenvalue weighted by Gasteiger charge is 2.25. The first-order chi connectivity index (χ1) is 12.1. The van der Waals surface area contributed by atoms with Gasteiger partial charge < -0.3 is 11.1 Å². The summed E-state index contributed by atoms with van der Waals surface area (Å²) in [5.74, 6) is 0. The highest BCUT2D eigenvalue weighted by Crippen LogP contribution is 2.27. The Morgan fingerprint density at radius 3 is 2.24 bits per heavy atom. The van der Waals surface area contributed by atoms with Gasteiger partial charge in [0.05, 0.1) is 6.04 Å². The standard InChI is InChI=1S/C22H29N3/c1-16(23)18-11-13-20(14-12-18)22(19-8-5-4-6-9-19)24-17(2)21-10-7-15-25(21)3/h4-6,8-9,11-14,16,21-22,24H,2,7,10,15,23H2,1,3H3/t16?,21?,22-/m0/s1. The Kier molecular flexibility index (Phi) is 5.57. The summed E-state index contributed by atoms with van der Waals surface area (Å²) in [6.45, 7) is 7.51. The minimum atomic E-state index is 0.0549. The van der Waals surface area contributed by atoms with Gasteiger partial charge in [0.25, 0.3) is 0 Å². The van der Waals surface area contributed by atoms with Crippen LogP contribution in [0, 0.1) is 0 Å². The first-order valence-electron chi connectivity index (χ1n) is 9.12. The van der Waals surface area contributed by atoms with E-state index in [0.717, 1.165) is 17.8 Å². The highest BCUT2D eigenvalue weighted by molar-refractivity contribution is 5.35. The molecule has 3 nitrogen and oxygen atoms in total. The third kappa shape index (κ3) is 4.12. The summed E-state index contributed by atoms with van der Waals surface area (Å²) in [4.78, 5) is 2.39. The van der Waals surface area contributed by atoms with Crippen LogP contribution in [0.5, 0.6) is 0 Å². The van der Waals surface area contributed by atoms with Crippen LogP contribution < -0.4 is 11.1 Å². The molecule has 0 radical (unpaired) electrons. The van der Waals surface area contributed by atoms with E-state index < -0.39 is 0 Å². The minimum absolute atomic E-state index is 0.0549. The van der Waals surface area contributed by atoms with E-state index in [1.165, 1.54) is 24.0 Å². The van der Waals surface area contributed by atoms with E-state index in [4.69, 9.17) is 5.73 Å². The number of likely N-dealkylation sites (tertiary alicyclic amines) is 1. The molecule has 25 heavy (non-hydrogen) atoms. The van der Waals surface area contributed by atoms with Gasteiger partial charge in [-0.15, -0.1) is 0 Å². The number of nitrogens with one attached hydrogen (secondary N) is 1. The third-order valence-corrected chi connectivity index (χ3v) is 5.18. The van der Waals surface area contributed by atoms with E-state index >= 15 is 0 Å². The smallest absolute Gasteiger partial charge is 0.0765 e. The second-order valence-electron chi connectivity index (χ2n) is 7.11. The van der Waals surface area contributed by atoms with Gasteiger partial charge >= 0.3 is 0 Å². The molecule has 0 amide bonds. The summed E-state index contributed by atoms with van der Waals surface area (Å²) in [5, 5.41) is 3.70. The normalized spacial score (nSPS) is 20.2. The van der Waals surface area contributed by atoms with Gasteiger partial charge in [0.2, 0.25) is 0 Å². The fourth-order valence-corrected chi connectivity index (χ4v) is 3.63. The van der Waals surface area contributed by atoms with Crippen LogP contribution in [0.15, 0.2) is 66.9 Å². The average Bonchev–Trinajstić information content (AvgIpc) is 3.06. The molecule has 1 saturated heterocycles. The fraction of sp³-hybridized carbons (Fsp3) is 0.364. The van der Waals surface area contributed by atoms with Crippen molar-refractivity contribution in [3.63, 3.8) is 0 Å². The molecule has 3 N–H and O–H groups in total. The summed E-state index contributed by atoms with van der Waals surface area (Å²) in [7, 11) is 2.18. The first kappa shape index (κ1) is 17.7. The molecule has 0 aliphatic carbocycles. The Morgan fingerprint density at radius 1 is 1.08 bits per heavy atom. The number of hydrogen-bond acceptors (Lipinski definition) is 3. The molecule has 132 valence electrons. The zero-order chi connectivity index (χ0) is 17.8. The summed E-state index contributed by atoms with van der Waals surface area (Å²) < 4.78 is 0.